The van der Waals surface area contributed by atoms with Crippen molar-refractivity contribution in [3.8, 4) is 0 Å². The summed E-state index contributed by atoms with van der Waals surface area (Å²) in [5, 5.41) is 0.527. The van der Waals surface area contributed by atoms with Crippen molar-refractivity contribution in [2.45, 2.75) is 32.2 Å². The van der Waals surface area contributed by atoms with E-state index in [2.05, 4.69) is 15.8 Å². The van der Waals surface area contributed by atoms with Gasteiger partial charge in [-0.15, -0.1) is 0 Å². The van der Waals surface area contributed by atoms with Crippen LogP contribution in [0.4, 0.5) is 10.8 Å². The molecule has 1 N–H and O–H groups in total. The Bertz CT molecular complexity index is 1730. The monoisotopic (exact) mass is 542 g/mol. The number of aryl methyl sites for hydroxylation is 3. The number of sulfonamides is 1. The number of fused-ring (bicyclic) bond motifs is 1. The second-order valence-corrected chi connectivity index (χ2v) is 11.8. The standard InChI is InChI=1S/C29H26N4O3S2/c1-19-10-12-23(13-11-19)38(35,36)32-25-9-5-4-8-24(25)28(34)33(18-22-7-6-14-30-17-22)29-31-26-16-20(2)15-21(3)27(26)37-29/h4-17,32H,18H2,1-3H3. The maximum atomic E-state index is 14.1. The maximum absolute atomic E-state index is 14.1. The molecule has 192 valence electrons. The number of benzene rings is 3. The van der Waals surface area contributed by atoms with Crippen LogP contribution in [0.2, 0.25) is 0 Å². The molecule has 5 aromatic rings. The van der Waals surface area contributed by atoms with Crippen molar-refractivity contribution in [1.29, 1.82) is 0 Å². The molecule has 1 amide bonds. The first-order valence-electron chi connectivity index (χ1n) is 12.0. The third kappa shape index (κ3) is 5.29. The highest BCUT2D eigenvalue weighted by Gasteiger charge is 2.26. The summed E-state index contributed by atoms with van der Waals surface area (Å²) in [6.07, 6.45) is 3.38. The van der Waals surface area contributed by atoms with Gasteiger partial charge < -0.3 is 0 Å². The quantitative estimate of drug-likeness (QED) is 0.262. The first-order chi connectivity index (χ1) is 18.2. The Hall–Kier alpha value is -4.08. The fourth-order valence-electron chi connectivity index (χ4n) is 4.21. The van der Waals surface area contributed by atoms with Crippen LogP contribution in [0.5, 0.6) is 0 Å². The van der Waals surface area contributed by atoms with Gasteiger partial charge in [-0.2, -0.15) is 0 Å². The predicted octanol–water partition coefficient (Wildman–Crippen LogP) is 6.26. The molecule has 7 nitrogen and oxygen atoms in total. The van der Waals surface area contributed by atoms with E-state index in [9.17, 15) is 13.2 Å². The number of hydrogen-bond acceptors (Lipinski definition) is 6. The SMILES string of the molecule is Cc1ccc(S(=O)(=O)Nc2ccccc2C(=O)N(Cc2cccnc2)c2nc3cc(C)cc(C)c3s2)cc1. The Balaban J connectivity index is 1.56. The number of thiazole rings is 1. The Morgan fingerprint density at radius 1 is 0.947 bits per heavy atom. The summed E-state index contributed by atoms with van der Waals surface area (Å²) in [4.78, 5) is 24.8. The molecule has 0 unspecified atom stereocenters. The van der Waals surface area contributed by atoms with Gasteiger partial charge in [0.15, 0.2) is 5.13 Å². The van der Waals surface area contributed by atoms with E-state index < -0.39 is 10.0 Å². The highest BCUT2D eigenvalue weighted by molar-refractivity contribution is 7.92. The van der Waals surface area contributed by atoms with Gasteiger partial charge in [-0.25, -0.2) is 13.4 Å². The fourth-order valence-corrected chi connectivity index (χ4v) is 6.30. The van der Waals surface area contributed by atoms with Gasteiger partial charge in [0.1, 0.15) is 0 Å². The zero-order valence-electron chi connectivity index (χ0n) is 21.2. The van der Waals surface area contributed by atoms with E-state index in [0.717, 1.165) is 32.5 Å². The Labute approximate surface area is 225 Å². The summed E-state index contributed by atoms with van der Waals surface area (Å²) < 4.78 is 29.9. The van der Waals surface area contributed by atoms with Crippen molar-refractivity contribution in [2.24, 2.45) is 0 Å². The van der Waals surface area contributed by atoms with Crippen molar-refractivity contribution >= 4 is 48.3 Å². The molecule has 0 aliphatic heterocycles. The number of nitrogens with one attached hydrogen (secondary N) is 1. The molecule has 9 heteroatoms. The van der Waals surface area contributed by atoms with E-state index in [0.29, 0.717) is 5.13 Å². The summed E-state index contributed by atoms with van der Waals surface area (Å²) >= 11 is 1.44. The molecule has 0 fully saturated rings. The molecule has 5 rings (SSSR count). The van der Waals surface area contributed by atoms with Crippen LogP contribution in [-0.4, -0.2) is 24.3 Å². The summed E-state index contributed by atoms with van der Waals surface area (Å²) in [6, 6.07) is 21.0. The van der Waals surface area contributed by atoms with Gasteiger partial charge in [-0.1, -0.05) is 53.3 Å². The van der Waals surface area contributed by atoms with Crippen molar-refractivity contribution < 1.29 is 13.2 Å². The van der Waals surface area contributed by atoms with Gasteiger partial charge in [0, 0.05) is 12.4 Å². The van der Waals surface area contributed by atoms with E-state index in [-0.39, 0.29) is 28.6 Å². The molecule has 0 saturated heterocycles. The minimum Gasteiger partial charge on any atom is -0.279 e. The number of para-hydroxylation sites is 1. The number of anilines is 2. The number of aromatic nitrogens is 2. The normalized spacial score (nSPS) is 11.4. The van der Waals surface area contributed by atoms with Crippen molar-refractivity contribution in [3.63, 3.8) is 0 Å². The lowest BCUT2D eigenvalue weighted by atomic mass is 10.1. The topological polar surface area (TPSA) is 92.3 Å². The zero-order chi connectivity index (χ0) is 26.9. The Morgan fingerprint density at radius 3 is 2.45 bits per heavy atom. The molecule has 38 heavy (non-hydrogen) atoms. The first kappa shape index (κ1) is 25.6. The fraction of sp³-hybridized carbons (Fsp3) is 0.138. The molecule has 3 aromatic carbocycles. The number of amides is 1. The number of hydrogen-bond donors (Lipinski definition) is 1. The van der Waals surface area contributed by atoms with Gasteiger partial charge in [0.2, 0.25) is 0 Å². The minimum atomic E-state index is -3.91. The van der Waals surface area contributed by atoms with Crippen LogP contribution in [-0.2, 0) is 16.6 Å². The van der Waals surface area contributed by atoms with Crippen molar-refractivity contribution in [1.82, 2.24) is 9.97 Å². The van der Waals surface area contributed by atoms with Gasteiger partial charge in [-0.3, -0.25) is 19.4 Å². The minimum absolute atomic E-state index is 0.120. The van der Waals surface area contributed by atoms with E-state index in [1.54, 1.807) is 65.8 Å². The summed E-state index contributed by atoms with van der Waals surface area (Å²) in [5.74, 6) is -0.371. The van der Waals surface area contributed by atoms with E-state index >= 15 is 0 Å². The van der Waals surface area contributed by atoms with E-state index in [1.807, 2.05) is 39.0 Å². The van der Waals surface area contributed by atoms with E-state index in [1.165, 1.54) is 11.3 Å². The third-order valence-electron chi connectivity index (χ3n) is 6.08. The maximum Gasteiger partial charge on any atom is 0.262 e. The molecule has 0 bridgehead atoms. The summed E-state index contributed by atoms with van der Waals surface area (Å²) in [7, 11) is -3.91. The third-order valence-corrected chi connectivity index (χ3v) is 8.69. The van der Waals surface area contributed by atoms with Crippen molar-refractivity contribution in [2.75, 3.05) is 9.62 Å². The first-order valence-corrected chi connectivity index (χ1v) is 14.3. The van der Waals surface area contributed by atoms with Crippen LogP contribution in [0.15, 0.2) is 90.1 Å². The van der Waals surface area contributed by atoms with Crippen LogP contribution in [0.25, 0.3) is 10.2 Å². The molecular weight excluding hydrogens is 516 g/mol. The van der Waals surface area contributed by atoms with Gasteiger partial charge in [-0.05, 0) is 73.9 Å². The highest BCUT2D eigenvalue weighted by Crippen LogP contribution is 2.34. The average Bonchev–Trinajstić information content (AvgIpc) is 3.32. The zero-order valence-corrected chi connectivity index (χ0v) is 22.8. The van der Waals surface area contributed by atoms with Crippen LogP contribution in [0.1, 0.15) is 32.6 Å². The molecule has 0 aliphatic carbocycles. The van der Waals surface area contributed by atoms with Gasteiger partial charge in [0.25, 0.3) is 15.9 Å². The number of pyridine rings is 1. The van der Waals surface area contributed by atoms with Crippen LogP contribution >= 0.6 is 11.3 Å². The van der Waals surface area contributed by atoms with E-state index in [4.69, 9.17) is 4.98 Å². The largest absolute Gasteiger partial charge is 0.279 e. The molecule has 2 heterocycles. The number of rotatable bonds is 7. The summed E-state index contributed by atoms with van der Waals surface area (Å²) in [5.41, 5.74) is 5.19. The molecule has 0 atom stereocenters. The number of nitrogens with zero attached hydrogens (tertiary/aromatic N) is 3. The average molecular weight is 543 g/mol. The van der Waals surface area contributed by atoms with Crippen LogP contribution in [0.3, 0.4) is 0 Å². The molecule has 0 spiro atoms. The number of carbonyl (C=O) groups excluding carboxylic acids is 1. The van der Waals surface area contributed by atoms with Crippen LogP contribution < -0.4 is 9.62 Å². The second kappa shape index (κ2) is 10.4. The molecule has 0 aliphatic rings. The lowest BCUT2D eigenvalue weighted by molar-refractivity contribution is 0.0986. The molecule has 0 saturated carbocycles. The van der Waals surface area contributed by atoms with Gasteiger partial charge in [0.05, 0.1) is 32.9 Å². The van der Waals surface area contributed by atoms with Crippen molar-refractivity contribution in [3.05, 3.63) is 113 Å². The van der Waals surface area contributed by atoms with Crippen LogP contribution in [0, 0.1) is 20.8 Å². The summed E-state index contributed by atoms with van der Waals surface area (Å²) in [6.45, 7) is 6.16. The molecule has 2 aromatic heterocycles. The Morgan fingerprint density at radius 2 is 1.71 bits per heavy atom. The lowest BCUT2D eigenvalue weighted by Crippen LogP contribution is -2.31. The lowest BCUT2D eigenvalue weighted by Gasteiger charge is -2.22. The number of carbonyl (C=O) groups is 1. The molecular formula is C29H26N4O3S2. The Kier molecular flexibility index (Phi) is 6.96. The highest BCUT2D eigenvalue weighted by atomic mass is 32.2. The van der Waals surface area contributed by atoms with Gasteiger partial charge >= 0.3 is 0 Å². The predicted molar refractivity (Wildman–Crippen MR) is 152 cm³/mol. The molecule has 0 radical (unpaired) electrons. The second-order valence-electron chi connectivity index (χ2n) is 9.14. The smallest absolute Gasteiger partial charge is 0.262 e.